The summed E-state index contributed by atoms with van der Waals surface area (Å²) in [7, 11) is 0. The molecule has 28 heavy (non-hydrogen) atoms. The fourth-order valence-corrected chi connectivity index (χ4v) is 4.29. The van der Waals surface area contributed by atoms with Gasteiger partial charge in [-0.2, -0.15) is 0 Å². The quantitative estimate of drug-likeness (QED) is 0.651. The fourth-order valence-electron chi connectivity index (χ4n) is 4.29. The van der Waals surface area contributed by atoms with Crippen LogP contribution in [0.1, 0.15) is 73.6 Å². The predicted octanol–water partition coefficient (Wildman–Crippen LogP) is 4.71. The molecule has 0 bridgehead atoms. The third kappa shape index (κ3) is 4.76. The van der Waals surface area contributed by atoms with Gasteiger partial charge in [-0.05, 0) is 69.7 Å². The molecule has 5 heteroatoms. The maximum atomic E-state index is 11.8. The molecule has 150 valence electrons. The van der Waals surface area contributed by atoms with E-state index < -0.39 is 0 Å². The first kappa shape index (κ1) is 20.5. The number of esters is 1. The number of carbonyl (C=O) groups is 1. The molecule has 1 aliphatic heterocycles. The SMILES string of the molecule is CCOC(=O)CCCN1[C@@H](c2ncccc2C)CCC[C@H]1c1ncccc1C. The Labute approximate surface area is 168 Å². The molecular formula is C23H31N3O2. The molecule has 1 aliphatic rings. The lowest BCUT2D eigenvalue weighted by Crippen LogP contribution is -2.38. The largest absolute Gasteiger partial charge is 0.466 e. The number of carbonyl (C=O) groups excluding carboxylic acids is 1. The Balaban J connectivity index is 1.86. The lowest BCUT2D eigenvalue weighted by atomic mass is 9.88. The highest BCUT2D eigenvalue weighted by Crippen LogP contribution is 2.42. The highest BCUT2D eigenvalue weighted by molar-refractivity contribution is 5.69. The first-order chi connectivity index (χ1) is 13.6. The molecule has 0 spiro atoms. The number of pyridine rings is 2. The van der Waals surface area contributed by atoms with E-state index in [0.717, 1.165) is 43.6 Å². The van der Waals surface area contributed by atoms with Crippen LogP contribution in [0.25, 0.3) is 0 Å². The minimum absolute atomic E-state index is 0.115. The molecule has 0 saturated carbocycles. The van der Waals surface area contributed by atoms with Gasteiger partial charge < -0.3 is 4.74 Å². The van der Waals surface area contributed by atoms with E-state index in [9.17, 15) is 4.79 Å². The maximum absolute atomic E-state index is 11.8. The van der Waals surface area contributed by atoms with Crippen molar-refractivity contribution < 1.29 is 9.53 Å². The summed E-state index contributed by atoms with van der Waals surface area (Å²) in [6.07, 6.45) is 8.31. The number of nitrogens with zero attached hydrogens (tertiary/aromatic N) is 3. The van der Waals surface area contributed by atoms with Gasteiger partial charge in [0.05, 0.1) is 30.1 Å². The van der Waals surface area contributed by atoms with Crippen molar-refractivity contribution in [2.75, 3.05) is 13.2 Å². The molecule has 3 rings (SSSR count). The summed E-state index contributed by atoms with van der Waals surface area (Å²) in [6.45, 7) is 7.39. The van der Waals surface area contributed by atoms with Crippen LogP contribution < -0.4 is 0 Å². The van der Waals surface area contributed by atoms with E-state index in [4.69, 9.17) is 14.7 Å². The molecule has 0 aliphatic carbocycles. The van der Waals surface area contributed by atoms with Gasteiger partial charge in [0.15, 0.2) is 0 Å². The van der Waals surface area contributed by atoms with Gasteiger partial charge in [0.25, 0.3) is 0 Å². The lowest BCUT2D eigenvalue weighted by molar-refractivity contribution is -0.143. The van der Waals surface area contributed by atoms with Gasteiger partial charge in [-0.25, -0.2) is 0 Å². The Morgan fingerprint density at radius 1 is 1.07 bits per heavy atom. The molecule has 0 unspecified atom stereocenters. The van der Waals surface area contributed by atoms with Crippen molar-refractivity contribution in [1.29, 1.82) is 0 Å². The van der Waals surface area contributed by atoms with Crippen LogP contribution in [0.2, 0.25) is 0 Å². The molecule has 1 fully saturated rings. The van der Waals surface area contributed by atoms with Gasteiger partial charge >= 0.3 is 5.97 Å². The molecule has 5 nitrogen and oxygen atoms in total. The van der Waals surface area contributed by atoms with Gasteiger partial charge in [0.1, 0.15) is 0 Å². The standard InChI is InChI=1S/C23H31N3O2/c1-4-28-21(27)13-8-16-26-19(22-17(2)9-6-14-24-22)11-5-12-20(26)23-18(3)10-7-15-25-23/h6-7,9-10,14-15,19-20H,4-5,8,11-13,16H2,1-3H3/t19-,20+. The molecule has 0 aromatic carbocycles. The van der Waals surface area contributed by atoms with Gasteiger partial charge in [-0.1, -0.05) is 12.1 Å². The maximum Gasteiger partial charge on any atom is 0.305 e. The molecular weight excluding hydrogens is 350 g/mol. The fraction of sp³-hybridized carbons (Fsp3) is 0.522. The topological polar surface area (TPSA) is 55.3 Å². The van der Waals surface area contributed by atoms with Crippen LogP contribution in [0.15, 0.2) is 36.7 Å². The van der Waals surface area contributed by atoms with Crippen molar-refractivity contribution in [3.8, 4) is 0 Å². The second-order valence-electron chi connectivity index (χ2n) is 7.52. The van der Waals surface area contributed by atoms with Crippen LogP contribution >= 0.6 is 0 Å². The smallest absolute Gasteiger partial charge is 0.305 e. The summed E-state index contributed by atoms with van der Waals surface area (Å²) in [6, 6.07) is 8.76. The van der Waals surface area contributed by atoms with E-state index >= 15 is 0 Å². The molecule has 3 heterocycles. The minimum Gasteiger partial charge on any atom is -0.466 e. The van der Waals surface area contributed by atoms with E-state index in [1.54, 1.807) is 0 Å². The zero-order chi connectivity index (χ0) is 19.9. The zero-order valence-electron chi connectivity index (χ0n) is 17.2. The van der Waals surface area contributed by atoms with Gasteiger partial charge in [-0.3, -0.25) is 19.7 Å². The average molecular weight is 382 g/mol. The number of aryl methyl sites for hydroxylation is 2. The number of ether oxygens (including phenoxy) is 1. The lowest BCUT2D eigenvalue weighted by Gasteiger charge is -2.42. The van der Waals surface area contributed by atoms with Crippen molar-refractivity contribution >= 4 is 5.97 Å². The van der Waals surface area contributed by atoms with E-state index in [1.807, 2.05) is 31.5 Å². The van der Waals surface area contributed by atoms with Gasteiger partial charge in [0.2, 0.25) is 0 Å². The van der Waals surface area contributed by atoms with Crippen LogP contribution in [0.5, 0.6) is 0 Å². The van der Waals surface area contributed by atoms with Gasteiger partial charge in [-0.15, -0.1) is 0 Å². The molecule has 2 atom stereocenters. The second kappa shape index (κ2) is 9.78. The summed E-state index contributed by atoms with van der Waals surface area (Å²) in [5, 5.41) is 0. The number of aromatic nitrogens is 2. The summed E-state index contributed by atoms with van der Waals surface area (Å²) in [5.41, 5.74) is 4.75. The Morgan fingerprint density at radius 3 is 2.14 bits per heavy atom. The Morgan fingerprint density at radius 2 is 1.64 bits per heavy atom. The van der Waals surface area contributed by atoms with Crippen molar-refractivity contribution in [1.82, 2.24) is 14.9 Å². The number of likely N-dealkylation sites (tertiary alicyclic amines) is 1. The Kier molecular flexibility index (Phi) is 7.15. The number of hydrogen-bond donors (Lipinski definition) is 0. The number of piperidine rings is 1. The monoisotopic (exact) mass is 381 g/mol. The van der Waals surface area contributed by atoms with Crippen molar-refractivity contribution in [2.24, 2.45) is 0 Å². The van der Waals surface area contributed by atoms with E-state index in [1.165, 1.54) is 11.1 Å². The Hall–Kier alpha value is -2.27. The van der Waals surface area contributed by atoms with E-state index in [2.05, 4.69) is 30.9 Å². The molecule has 0 radical (unpaired) electrons. The highest BCUT2D eigenvalue weighted by atomic mass is 16.5. The Bertz CT molecular complexity index is 739. The summed E-state index contributed by atoms with van der Waals surface area (Å²) >= 11 is 0. The van der Waals surface area contributed by atoms with Crippen molar-refractivity contribution in [3.63, 3.8) is 0 Å². The van der Waals surface area contributed by atoms with Crippen LogP contribution in [0.3, 0.4) is 0 Å². The number of hydrogen-bond acceptors (Lipinski definition) is 5. The third-order valence-corrected chi connectivity index (χ3v) is 5.59. The first-order valence-electron chi connectivity index (χ1n) is 10.4. The minimum atomic E-state index is -0.115. The third-order valence-electron chi connectivity index (χ3n) is 5.59. The van der Waals surface area contributed by atoms with Crippen molar-refractivity contribution in [3.05, 3.63) is 59.2 Å². The van der Waals surface area contributed by atoms with E-state index in [0.29, 0.717) is 13.0 Å². The van der Waals surface area contributed by atoms with Crippen LogP contribution in [-0.2, 0) is 9.53 Å². The molecule has 2 aromatic heterocycles. The summed E-state index contributed by atoms with van der Waals surface area (Å²) in [5.74, 6) is -0.115. The predicted molar refractivity (Wildman–Crippen MR) is 110 cm³/mol. The number of rotatable bonds is 7. The summed E-state index contributed by atoms with van der Waals surface area (Å²) < 4.78 is 5.11. The first-order valence-corrected chi connectivity index (χ1v) is 10.4. The molecule has 1 saturated heterocycles. The van der Waals surface area contributed by atoms with E-state index in [-0.39, 0.29) is 18.1 Å². The molecule has 2 aromatic rings. The average Bonchev–Trinajstić information content (AvgIpc) is 2.69. The second-order valence-corrected chi connectivity index (χ2v) is 7.52. The molecule has 0 N–H and O–H groups in total. The summed E-state index contributed by atoms with van der Waals surface area (Å²) in [4.78, 5) is 23.8. The highest BCUT2D eigenvalue weighted by Gasteiger charge is 2.34. The molecule has 0 amide bonds. The van der Waals surface area contributed by atoms with Crippen molar-refractivity contribution in [2.45, 2.75) is 65.0 Å². The van der Waals surface area contributed by atoms with Crippen LogP contribution in [-0.4, -0.2) is 34.0 Å². The van der Waals surface area contributed by atoms with Crippen LogP contribution in [0.4, 0.5) is 0 Å². The normalized spacial score (nSPS) is 20.1. The van der Waals surface area contributed by atoms with Gasteiger partial charge in [0, 0.05) is 25.4 Å². The van der Waals surface area contributed by atoms with Crippen LogP contribution in [0, 0.1) is 13.8 Å². The zero-order valence-corrected chi connectivity index (χ0v) is 17.2.